The number of hydrogen-bond acceptors (Lipinski definition) is 5. The number of allylic oxidation sites excluding steroid dienone is 1. The second-order valence-electron chi connectivity index (χ2n) is 7.13. The van der Waals surface area contributed by atoms with Gasteiger partial charge in [-0.3, -0.25) is 19.3 Å². The van der Waals surface area contributed by atoms with Crippen LogP contribution in [-0.4, -0.2) is 82.6 Å². The van der Waals surface area contributed by atoms with Crippen LogP contribution >= 0.6 is 0 Å². The Hall–Kier alpha value is -2.45. The van der Waals surface area contributed by atoms with Gasteiger partial charge in [0.25, 0.3) is 0 Å². The van der Waals surface area contributed by atoms with Crippen molar-refractivity contribution in [3.8, 4) is 0 Å². The molecule has 1 atom stereocenters. The molecule has 1 aromatic rings. The fraction of sp³-hybridized carbons (Fsp3) is 0.550. The first-order chi connectivity index (χ1) is 13.2. The van der Waals surface area contributed by atoms with Crippen LogP contribution in [0.1, 0.15) is 28.7 Å². The SMILES string of the molecule is C=CCn1c(C)cc(C(=O)CN2CCOC(CN(CC(=O)O)C(C)=O)C2)c1C. The van der Waals surface area contributed by atoms with Crippen LogP contribution in [0.2, 0.25) is 0 Å². The molecular formula is C20H29N3O5. The van der Waals surface area contributed by atoms with Gasteiger partial charge in [-0.15, -0.1) is 6.58 Å². The lowest BCUT2D eigenvalue weighted by atomic mass is 10.1. The zero-order valence-corrected chi connectivity index (χ0v) is 16.8. The topological polar surface area (TPSA) is 92.1 Å². The average Bonchev–Trinajstić information content (AvgIpc) is 2.90. The smallest absolute Gasteiger partial charge is 0.323 e. The molecule has 2 heterocycles. The molecule has 1 unspecified atom stereocenters. The van der Waals surface area contributed by atoms with Gasteiger partial charge in [-0.2, -0.15) is 0 Å². The van der Waals surface area contributed by atoms with Gasteiger partial charge in [0.05, 0.1) is 19.3 Å². The largest absolute Gasteiger partial charge is 0.480 e. The first kappa shape index (κ1) is 21.8. The van der Waals surface area contributed by atoms with E-state index < -0.39 is 5.97 Å². The van der Waals surface area contributed by atoms with E-state index in [2.05, 4.69) is 11.1 Å². The third-order valence-electron chi connectivity index (χ3n) is 4.97. The molecule has 1 aromatic heterocycles. The van der Waals surface area contributed by atoms with E-state index in [9.17, 15) is 14.4 Å². The maximum Gasteiger partial charge on any atom is 0.323 e. The first-order valence-electron chi connectivity index (χ1n) is 9.35. The van der Waals surface area contributed by atoms with Crippen molar-refractivity contribution < 1.29 is 24.2 Å². The molecule has 154 valence electrons. The first-order valence-corrected chi connectivity index (χ1v) is 9.35. The van der Waals surface area contributed by atoms with Gasteiger partial charge < -0.3 is 19.3 Å². The van der Waals surface area contributed by atoms with Crippen LogP contribution in [-0.2, 0) is 20.9 Å². The van der Waals surface area contributed by atoms with Crippen molar-refractivity contribution in [1.29, 1.82) is 0 Å². The molecule has 0 saturated carbocycles. The van der Waals surface area contributed by atoms with Gasteiger partial charge in [-0.25, -0.2) is 0 Å². The summed E-state index contributed by atoms with van der Waals surface area (Å²) in [7, 11) is 0. The number of amides is 1. The number of carbonyl (C=O) groups is 3. The highest BCUT2D eigenvalue weighted by Gasteiger charge is 2.27. The lowest BCUT2D eigenvalue weighted by Gasteiger charge is -2.34. The maximum absolute atomic E-state index is 12.8. The third kappa shape index (κ3) is 5.53. The molecule has 1 aliphatic rings. The summed E-state index contributed by atoms with van der Waals surface area (Å²) in [6, 6.07) is 1.91. The number of hydrogen-bond donors (Lipinski definition) is 1. The van der Waals surface area contributed by atoms with E-state index in [1.807, 2.05) is 24.8 Å². The summed E-state index contributed by atoms with van der Waals surface area (Å²) in [5.41, 5.74) is 2.65. The minimum atomic E-state index is -1.06. The van der Waals surface area contributed by atoms with Crippen molar-refractivity contribution in [3.05, 3.63) is 35.7 Å². The Labute approximate surface area is 165 Å². The predicted molar refractivity (Wildman–Crippen MR) is 105 cm³/mol. The van der Waals surface area contributed by atoms with Crippen molar-refractivity contribution >= 4 is 17.7 Å². The Morgan fingerprint density at radius 3 is 2.71 bits per heavy atom. The maximum atomic E-state index is 12.8. The van der Waals surface area contributed by atoms with Crippen LogP contribution in [0.25, 0.3) is 0 Å². The summed E-state index contributed by atoms with van der Waals surface area (Å²) < 4.78 is 7.74. The highest BCUT2D eigenvalue weighted by atomic mass is 16.5. The quantitative estimate of drug-likeness (QED) is 0.501. The van der Waals surface area contributed by atoms with E-state index in [1.165, 1.54) is 11.8 Å². The molecule has 1 aliphatic heterocycles. The number of aromatic nitrogens is 1. The minimum Gasteiger partial charge on any atom is -0.480 e. The number of Topliss-reactive ketones (excluding diaryl/α,β-unsaturated/α-hetero) is 1. The Morgan fingerprint density at radius 2 is 2.11 bits per heavy atom. The lowest BCUT2D eigenvalue weighted by Crippen LogP contribution is -2.50. The normalized spacial score (nSPS) is 17.3. The van der Waals surface area contributed by atoms with Crippen LogP contribution in [0.4, 0.5) is 0 Å². The zero-order chi connectivity index (χ0) is 20.8. The number of carboxylic acid groups (broad SMARTS) is 1. The zero-order valence-electron chi connectivity index (χ0n) is 16.8. The van der Waals surface area contributed by atoms with Crippen LogP contribution in [0.15, 0.2) is 18.7 Å². The van der Waals surface area contributed by atoms with Crippen molar-refractivity contribution in [1.82, 2.24) is 14.4 Å². The van der Waals surface area contributed by atoms with Crippen LogP contribution in [0.3, 0.4) is 0 Å². The van der Waals surface area contributed by atoms with Gasteiger partial charge in [0.2, 0.25) is 5.91 Å². The highest BCUT2D eigenvalue weighted by molar-refractivity contribution is 5.99. The number of ketones is 1. The van der Waals surface area contributed by atoms with Gasteiger partial charge in [-0.05, 0) is 19.9 Å². The molecule has 0 spiro atoms. The second kappa shape index (κ2) is 9.66. The lowest BCUT2D eigenvalue weighted by molar-refractivity contribution is -0.145. The summed E-state index contributed by atoms with van der Waals surface area (Å²) in [5, 5.41) is 8.95. The van der Waals surface area contributed by atoms with Crippen molar-refractivity contribution in [3.63, 3.8) is 0 Å². The van der Waals surface area contributed by atoms with E-state index in [4.69, 9.17) is 9.84 Å². The van der Waals surface area contributed by atoms with Crippen molar-refractivity contribution in [2.75, 3.05) is 39.3 Å². The van der Waals surface area contributed by atoms with E-state index in [0.717, 1.165) is 11.4 Å². The molecule has 28 heavy (non-hydrogen) atoms. The monoisotopic (exact) mass is 391 g/mol. The molecule has 0 aliphatic carbocycles. The second-order valence-corrected chi connectivity index (χ2v) is 7.13. The fourth-order valence-corrected chi connectivity index (χ4v) is 3.53. The molecular weight excluding hydrogens is 362 g/mol. The Morgan fingerprint density at radius 1 is 1.39 bits per heavy atom. The molecule has 1 N–H and O–H groups in total. The average molecular weight is 391 g/mol. The standard InChI is InChI=1S/C20H29N3O5/c1-5-6-23-14(2)9-18(15(23)3)19(25)12-21-7-8-28-17(10-21)11-22(16(4)24)13-20(26)27/h5,9,17H,1,6-8,10-13H2,2-4H3,(H,26,27). The van der Waals surface area contributed by atoms with Crippen LogP contribution < -0.4 is 0 Å². The third-order valence-corrected chi connectivity index (χ3v) is 4.97. The number of rotatable bonds is 9. The van der Waals surface area contributed by atoms with Crippen LogP contribution in [0, 0.1) is 13.8 Å². The number of carboxylic acids is 1. The van der Waals surface area contributed by atoms with Gasteiger partial charge in [-0.1, -0.05) is 6.08 Å². The van der Waals surface area contributed by atoms with Crippen LogP contribution in [0.5, 0.6) is 0 Å². The number of aryl methyl sites for hydroxylation is 1. The molecule has 0 aromatic carbocycles. The van der Waals surface area contributed by atoms with Gasteiger partial charge >= 0.3 is 5.97 Å². The number of ether oxygens (including phenoxy) is 1. The van der Waals surface area contributed by atoms with E-state index in [1.54, 1.807) is 6.08 Å². The minimum absolute atomic E-state index is 0.0398. The molecule has 0 bridgehead atoms. The van der Waals surface area contributed by atoms with Gasteiger partial charge in [0.1, 0.15) is 6.54 Å². The summed E-state index contributed by atoms with van der Waals surface area (Å²) in [4.78, 5) is 38.7. The number of aliphatic carboxylic acids is 1. The van der Waals surface area contributed by atoms with Gasteiger partial charge in [0, 0.05) is 50.1 Å². The van der Waals surface area contributed by atoms with Crippen molar-refractivity contribution in [2.45, 2.75) is 33.4 Å². The number of nitrogens with zero attached hydrogens (tertiary/aromatic N) is 3. The summed E-state index contributed by atoms with van der Waals surface area (Å²) in [6.07, 6.45) is 1.48. The summed E-state index contributed by atoms with van der Waals surface area (Å²) >= 11 is 0. The number of morpholine rings is 1. The highest BCUT2D eigenvalue weighted by Crippen LogP contribution is 2.17. The predicted octanol–water partition coefficient (Wildman–Crippen LogP) is 1.11. The summed E-state index contributed by atoms with van der Waals surface area (Å²) in [5.74, 6) is -1.33. The fourth-order valence-electron chi connectivity index (χ4n) is 3.53. The molecule has 0 radical (unpaired) electrons. The molecule has 8 heteroatoms. The molecule has 8 nitrogen and oxygen atoms in total. The van der Waals surface area contributed by atoms with E-state index in [0.29, 0.717) is 31.8 Å². The molecule has 2 rings (SSSR count). The Bertz CT molecular complexity index is 755. The number of carbonyl (C=O) groups excluding carboxylic acids is 2. The van der Waals surface area contributed by atoms with Gasteiger partial charge in [0.15, 0.2) is 5.78 Å². The Balaban J connectivity index is 2.00. The Kier molecular flexibility index (Phi) is 7.53. The van der Waals surface area contributed by atoms with E-state index in [-0.39, 0.29) is 37.4 Å². The molecule has 1 fully saturated rings. The van der Waals surface area contributed by atoms with E-state index >= 15 is 0 Å². The summed E-state index contributed by atoms with van der Waals surface area (Å²) in [6.45, 7) is 11.3. The molecule has 1 amide bonds. The van der Waals surface area contributed by atoms with Crippen molar-refractivity contribution in [2.24, 2.45) is 0 Å². The molecule has 1 saturated heterocycles.